The van der Waals surface area contributed by atoms with Gasteiger partial charge >= 0.3 is 0 Å². The predicted molar refractivity (Wildman–Crippen MR) is 81.7 cm³/mol. The maximum absolute atomic E-state index is 12.0. The van der Waals surface area contributed by atoms with Crippen LogP contribution < -0.4 is 20.1 Å². The quantitative estimate of drug-likeness (QED) is 0.838. The van der Waals surface area contributed by atoms with E-state index in [0.717, 1.165) is 19.4 Å². The minimum absolute atomic E-state index is 0.0163. The highest BCUT2D eigenvalue weighted by Gasteiger charge is 2.20. The van der Waals surface area contributed by atoms with Gasteiger partial charge in [0.1, 0.15) is 0 Å². The topological polar surface area (TPSA) is 59.6 Å². The summed E-state index contributed by atoms with van der Waals surface area (Å²) in [4.78, 5) is 12.0. The van der Waals surface area contributed by atoms with E-state index in [0.29, 0.717) is 24.1 Å². The average molecular weight is 292 g/mol. The first-order valence-corrected chi connectivity index (χ1v) is 7.56. The molecule has 1 aliphatic heterocycles. The molecule has 1 aliphatic rings. The van der Waals surface area contributed by atoms with Gasteiger partial charge in [0, 0.05) is 12.1 Å². The Morgan fingerprint density at radius 2 is 2.05 bits per heavy atom. The van der Waals surface area contributed by atoms with Crippen LogP contribution in [0.4, 0.5) is 0 Å². The lowest BCUT2D eigenvalue weighted by Crippen LogP contribution is -2.47. The minimum Gasteiger partial charge on any atom is -0.490 e. The first kappa shape index (κ1) is 15.6. The zero-order chi connectivity index (χ0) is 15.1. The van der Waals surface area contributed by atoms with Crippen molar-refractivity contribution in [1.29, 1.82) is 0 Å². The lowest BCUT2D eigenvalue weighted by molar-refractivity contribution is -0.124. The molecule has 0 spiro atoms. The van der Waals surface area contributed by atoms with Crippen LogP contribution in [0, 0.1) is 0 Å². The highest BCUT2D eigenvalue weighted by molar-refractivity contribution is 5.78. The lowest BCUT2D eigenvalue weighted by Gasteiger charge is -2.28. The van der Waals surface area contributed by atoms with Crippen molar-refractivity contribution in [2.45, 2.75) is 38.8 Å². The van der Waals surface area contributed by atoms with Gasteiger partial charge in [-0.3, -0.25) is 4.79 Å². The molecule has 1 fully saturated rings. The van der Waals surface area contributed by atoms with Crippen LogP contribution in [0.25, 0.3) is 0 Å². The number of carbonyl (C=O) groups is 1. The third kappa shape index (κ3) is 4.93. The van der Waals surface area contributed by atoms with Crippen LogP contribution in [-0.2, 0) is 4.79 Å². The Morgan fingerprint density at radius 3 is 2.71 bits per heavy atom. The Kier molecular flexibility index (Phi) is 5.87. The Hall–Kier alpha value is -1.75. The molecule has 21 heavy (non-hydrogen) atoms. The van der Waals surface area contributed by atoms with E-state index >= 15 is 0 Å². The van der Waals surface area contributed by atoms with E-state index < -0.39 is 0 Å². The second-order valence-corrected chi connectivity index (χ2v) is 5.31. The van der Waals surface area contributed by atoms with Gasteiger partial charge in [0.2, 0.25) is 0 Å². The van der Waals surface area contributed by atoms with E-state index in [1.807, 2.05) is 31.2 Å². The summed E-state index contributed by atoms with van der Waals surface area (Å²) >= 11 is 0. The van der Waals surface area contributed by atoms with Gasteiger partial charge in [-0.05, 0) is 45.4 Å². The van der Waals surface area contributed by atoms with Crippen molar-refractivity contribution < 1.29 is 14.3 Å². The third-order valence-electron chi connectivity index (χ3n) is 3.50. The number of hydrogen-bond donors (Lipinski definition) is 2. The largest absolute Gasteiger partial charge is 0.490 e. The summed E-state index contributed by atoms with van der Waals surface area (Å²) in [5.41, 5.74) is 0. The van der Waals surface area contributed by atoms with Gasteiger partial charge < -0.3 is 20.1 Å². The van der Waals surface area contributed by atoms with Gasteiger partial charge in [-0.15, -0.1) is 0 Å². The van der Waals surface area contributed by atoms with Crippen LogP contribution in [0.2, 0.25) is 0 Å². The number of carbonyl (C=O) groups excluding carboxylic acids is 1. The van der Waals surface area contributed by atoms with Crippen LogP contribution in [0.15, 0.2) is 24.3 Å². The number of ether oxygens (including phenoxy) is 2. The fraction of sp³-hybridized carbons (Fsp3) is 0.562. The molecule has 0 aliphatic carbocycles. The molecular formula is C16H24N2O3. The van der Waals surface area contributed by atoms with E-state index in [1.165, 1.54) is 0 Å². The molecule has 5 heteroatoms. The van der Waals surface area contributed by atoms with E-state index in [9.17, 15) is 4.79 Å². The van der Waals surface area contributed by atoms with Gasteiger partial charge in [-0.1, -0.05) is 12.1 Å². The number of amides is 1. The molecule has 0 bridgehead atoms. The summed E-state index contributed by atoms with van der Waals surface area (Å²) in [6.07, 6.45) is 1.92. The summed E-state index contributed by atoms with van der Waals surface area (Å²) < 4.78 is 11.0. The molecule has 1 aromatic rings. The molecular weight excluding hydrogens is 268 g/mol. The van der Waals surface area contributed by atoms with Crippen LogP contribution in [0.3, 0.4) is 0 Å². The molecule has 0 radical (unpaired) electrons. The smallest absolute Gasteiger partial charge is 0.258 e. The molecule has 2 rings (SSSR count). The highest BCUT2D eigenvalue weighted by Crippen LogP contribution is 2.26. The fourth-order valence-corrected chi connectivity index (χ4v) is 2.52. The van der Waals surface area contributed by atoms with Gasteiger partial charge in [0.25, 0.3) is 5.91 Å². The Labute approximate surface area is 126 Å². The molecule has 2 atom stereocenters. The summed E-state index contributed by atoms with van der Waals surface area (Å²) in [5, 5.41) is 6.39. The Morgan fingerprint density at radius 1 is 1.33 bits per heavy atom. The monoisotopic (exact) mass is 292 g/mol. The van der Waals surface area contributed by atoms with Crippen molar-refractivity contribution in [3.63, 3.8) is 0 Å². The molecule has 2 N–H and O–H groups in total. The normalized spacial score (nSPS) is 21.6. The van der Waals surface area contributed by atoms with E-state index in [-0.39, 0.29) is 18.6 Å². The SMILES string of the molecule is CCOc1ccccc1OCC(=O)NC1CCNC(C)C1. The zero-order valence-corrected chi connectivity index (χ0v) is 12.7. The molecule has 0 aromatic heterocycles. The predicted octanol–water partition coefficient (Wildman–Crippen LogP) is 1.72. The van der Waals surface area contributed by atoms with E-state index in [2.05, 4.69) is 17.6 Å². The van der Waals surface area contributed by atoms with Crippen molar-refractivity contribution >= 4 is 5.91 Å². The minimum atomic E-state index is -0.0830. The number of para-hydroxylation sites is 2. The van der Waals surface area contributed by atoms with Crippen molar-refractivity contribution in [2.24, 2.45) is 0 Å². The fourth-order valence-electron chi connectivity index (χ4n) is 2.52. The second kappa shape index (κ2) is 7.88. The molecule has 1 heterocycles. The number of piperidine rings is 1. The summed E-state index contributed by atoms with van der Waals surface area (Å²) in [5.74, 6) is 1.19. The van der Waals surface area contributed by atoms with Gasteiger partial charge in [-0.2, -0.15) is 0 Å². The highest BCUT2D eigenvalue weighted by atomic mass is 16.5. The van der Waals surface area contributed by atoms with Gasteiger partial charge in [0.15, 0.2) is 18.1 Å². The first-order valence-electron chi connectivity index (χ1n) is 7.56. The van der Waals surface area contributed by atoms with Crippen LogP contribution >= 0.6 is 0 Å². The number of hydrogen-bond acceptors (Lipinski definition) is 4. The summed E-state index contributed by atoms with van der Waals surface area (Å²) in [7, 11) is 0. The molecule has 1 aromatic carbocycles. The molecule has 116 valence electrons. The zero-order valence-electron chi connectivity index (χ0n) is 12.7. The molecule has 5 nitrogen and oxygen atoms in total. The summed E-state index contributed by atoms with van der Waals surface area (Å²) in [6.45, 7) is 5.58. The number of benzene rings is 1. The number of rotatable bonds is 6. The Bertz CT molecular complexity index is 465. The lowest BCUT2D eigenvalue weighted by atomic mass is 10.0. The van der Waals surface area contributed by atoms with Crippen LogP contribution in [0.1, 0.15) is 26.7 Å². The Balaban J connectivity index is 1.81. The van der Waals surface area contributed by atoms with E-state index in [4.69, 9.17) is 9.47 Å². The second-order valence-electron chi connectivity index (χ2n) is 5.31. The molecule has 1 saturated heterocycles. The first-order chi connectivity index (χ1) is 10.2. The molecule has 2 unspecified atom stereocenters. The molecule has 0 saturated carbocycles. The standard InChI is InChI=1S/C16H24N2O3/c1-3-20-14-6-4-5-7-15(14)21-11-16(19)18-13-8-9-17-12(2)10-13/h4-7,12-13,17H,3,8-11H2,1-2H3,(H,18,19). The van der Waals surface area contributed by atoms with Crippen LogP contribution in [-0.4, -0.2) is 37.7 Å². The van der Waals surface area contributed by atoms with Crippen molar-refractivity contribution in [3.8, 4) is 11.5 Å². The van der Waals surface area contributed by atoms with Crippen molar-refractivity contribution in [1.82, 2.24) is 10.6 Å². The maximum atomic E-state index is 12.0. The molecule has 1 amide bonds. The van der Waals surface area contributed by atoms with Crippen molar-refractivity contribution in [2.75, 3.05) is 19.8 Å². The maximum Gasteiger partial charge on any atom is 0.258 e. The number of nitrogens with one attached hydrogen (secondary N) is 2. The van der Waals surface area contributed by atoms with E-state index in [1.54, 1.807) is 0 Å². The van der Waals surface area contributed by atoms with Crippen molar-refractivity contribution in [3.05, 3.63) is 24.3 Å². The summed E-state index contributed by atoms with van der Waals surface area (Å²) in [6, 6.07) is 8.08. The van der Waals surface area contributed by atoms with Gasteiger partial charge in [0.05, 0.1) is 6.61 Å². The van der Waals surface area contributed by atoms with Gasteiger partial charge in [-0.25, -0.2) is 0 Å². The van der Waals surface area contributed by atoms with Crippen LogP contribution in [0.5, 0.6) is 11.5 Å². The third-order valence-corrected chi connectivity index (χ3v) is 3.50. The average Bonchev–Trinajstić information content (AvgIpc) is 2.47.